The van der Waals surface area contributed by atoms with Crippen molar-refractivity contribution in [3.63, 3.8) is 0 Å². The van der Waals surface area contributed by atoms with Crippen LogP contribution in [-0.2, 0) is 11.8 Å². The Hall–Kier alpha value is -2.79. The molecule has 4 aromatic rings. The van der Waals surface area contributed by atoms with Crippen LogP contribution in [0.5, 0.6) is 0 Å². The Labute approximate surface area is 176 Å². The Morgan fingerprint density at radius 1 is 0.931 bits per heavy atom. The molecule has 5 heteroatoms. The standard InChI is InChI=1S/C24H26N4S/c1-15-7-6-8-16(2)19(15)13-20-28-21-22(25-14-26-23(21)29-20)27-18-11-9-17(10-12-18)24(3,4)5/h6-12,14H,13H2,1-5H3,(H,25,26,27). The Kier molecular flexibility index (Phi) is 5.09. The number of aromatic nitrogens is 3. The lowest BCUT2D eigenvalue weighted by atomic mass is 9.87. The molecule has 0 fully saturated rings. The van der Waals surface area contributed by atoms with Crippen LogP contribution in [0.1, 0.15) is 48.0 Å². The molecule has 4 nitrogen and oxygen atoms in total. The highest BCUT2D eigenvalue weighted by molar-refractivity contribution is 7.18. The Balaban J connectivity index is 1.63. The van der Waals surface area contributed by atoms with Gasteiger partial charge in [-0.1, -0.05) is 62.4 Å². The maximum Gasteiger partial charge on any atom is 0.161 e. The summed E-state index contributed by atoms with van der Waals surface area (Å²) >= 11 is 1.64. The van der Waals surface area contributed by atoms with Crippen LogP contribution in [0.25, 0.3) is 10.3 Å². The first kappa shape index (κ1) is 19.5. The number of nitrogens with zero attached hydrogens (tertiary/aromatic N) is 3. The summed E-state index contributed by atoms with van der Waals surface area (Å²) in [6.45, 7) is 11.0. The number of fused-ring (bicyclic) bond motifs is 1. The highest BCUT2D eigenvalue weighted by atomic mass is 32.1. The van der Waals surface area contributed by atoms with E-state index in [9.17, 15) is 0 Å². The lowest BCUT2D eigenvalue weighted by Crippen LogP contribution is -2.10. The molecular formula is C24H26N4S. The average Bonchev–Trinajstić information content (AvgIpc) is 3.08. The summed E-state index contributed by atoms with van der Waals surface area (Å²) in [4.78, 5) is 14.7. The van der Waals surface area contributed by atoms with Crippen molar-refractivity contribution in [2.75, 3.05) is 5.32 Å². The van der Waals surface area contributed by atoms with E-state index in [1.165, 1.54) is 22.3 Å². The van der Waals surface area contributed by atoms with Crippen LogP contribution in [0.4, 0.5) is 11.5 Å². The second-order valence-electron chi connectivity index (χ2n) is 8.48. The molecule has 0 atom stereocenters. The van der Waals surface area contributed by atoms with Gasteiger partial charge in [0.25, 0.3) is 0 Å². The SMILES string of the molecule is Cc1cccc(C)c1Cc1nc2c(Nc3ccc(C(C)(C)C)cc3)ncnc2s1. The maximum absolute atomic E-state index is 4.87. The second-order valence-corrected chi connectivity index (χ2v) is 9.55. The van der Waals surface area contributed by atoms with E-state index >= 15 is 0 Å². The smallest absolute Gasteiger partial charge is 0.161 e. The van der Waals surface area contributed by atoms with Gasteiger partial charge in [-0.25, -0.2) is 15.0 Å². The van der Waals surface area contributed by atoms with Gasteiger partial charge in [0, 0.05) is 12.1 Å². The second kappa shape index (κ2) is 7.56. The number of nitrogens with one attached hydrogen (secondary N) is 1. The zero-order valence-corrected chi connectivity index (χ0v) is 18.4. The summed E-state index contributed by atoms with van der Waals surface area (Å²) in [5.41, 5.74) is 7.21. The van der Waals surface area contributed by atoms with Gasteiger partial charge < -0.3 is 5.32 Å². The van der Waals surface area contributed by atoms with Crippen LogP contribution in [0.15, 0.2) is 48.8 Å². The highest BCUT2D eigenvalue weighted by Gasteiger charge is 2.15. The van der Waals surface area contributed by atoms with Gasteiger partial charge in [0.2, 0.25) is 0 Å². The van der Waals surface area contributed by atoms with Crippen LogP contribution >= 0.6 is 11.3 Å². The molecule has 2 aromatic heterocycles. The predicted octanol–water partition coefficient (Wildman–Crippen LogP) is 6.34. The Morgan fingerprint density at radius 2 is 1.62 bits per heavy atom. The molecule has 2 heterocycles. The van der Waals surface area contributed by atoms with Gasteiger partial charge in [-0.05, 0) is 53.6 Å². The third-order valence-corrected chi connectivity index (χ3v) is 6.19. The molecule has 0 amide bonds. The minimum absolute atomic E-state index is 0.137. The molecule has 0 aliphatic rings. The molecule has 29 heavy (non-hydrogen) atoms. The monoisotopic (exact) mass is 402 g/mol. The van der Waals surface area contributed by atoms with Crippen molar-refractivity contribution in [2.24, 2.45) is 0 Å². The van der Waals surface area contributed by atoms with Gasteiger partial charge in [0.1, 0.15) is 21.7 Å². The van der Waals surface area contributed by atoms with Crippen LogP contribution in [0.2, 0.25) is 0 Å². The molecule has 0 bridgehead atoms. The average molecular weight is 403 g/mol. The molecule has 148 valence electrons. The van der Waals surface area contributed by atoms with Crippen molar-refractivity contribution < 1.29 is 0 Å². The summed E-state index contributed by atoms with van der Waals surface area (Å²) in [5.74, 6) is 0.752. The molecule has 4 rings (SSSR count). The molecule has 0 radical (unpaired) electrons. The van der Waals surface area contributed by atoms with Gasteiger partial charge >= 0.3 is 0 Å². The number of benzene rings is 2. The van der Waals surface area contributed by atoms with E-state index in [1.807, 2.05) is 0 Å². The first-order valence-electron chi connectivity index (χ1n) is 9.84. The third-order valence-electron chi connectivity index (χ3n) is 5.23. The number of thiazole rings is 1. The molecular weight excluding hydrogens is 376 g/mol. The largest absolute Gasteiger partial charge is 0.338 e. The molecule has 1 N–H and O–H groups in total. The van der Waals surface area contributed by atoms with E-state index in [0.717, 1.165) is 33.3 Å². The van der Waals surface area contributed by atoms with E-state index in [2.05, 4.69) is 92.4 Å². The van der Waals surface area contributed by atoms with E-state index in [-0.39, 0.29) is 5.41 Å². The number of rotatable bonds is 4. The van der Waals surface area contributed by atoms with Crippen LogP contribution < -0.4 is 5.32 Å². The van der Waals surface area contributed by atoms with Gasteiger partial charge in [-0.15, -0.1) is 0 Å². The topological polar surface area (TPSA) is 50.7 Å². The van der Waals surface area contributed by atoms with E-state index in [0.29, 0.717) is 0 Å². The van der Waals surface area contributed by atoms with Crippen molar-refractivity contribution in [1.29, 1.82) is 0 Å². The molecule has 2 aromatic carbocycles. The predicted molar refractivity (Wildman–Crippen MR) is 122 cm³/mol. The maximum atomic E-state index is 4.87. The Bertz CT molecular complexity index is 1130. The van der Waals surface area contributed by atoms with E-state index in [1.54, 1.807) is 17.7 Å². The Morgan fingerprint density at radius 3 is 2.28 bits per heavy atom. The third kappa shape index (κ3) is 4.15. The molecule has 0 saturated carbocycles. The highest BCUT2D eigenvalue weighted by Crippen LogP contribution is 2.30. The molecule has 0 aliphatic carbocycles. The fourth-order valence-electron chi connectivity index (χ4n) is 3.43. The van der Waals surface area contributed by atoms with Crippen LogP contribution in [0.3, 0.4) is 0 Å². The number of aryl methyl sites for hydroxylation is 2. The van der Waals surface area contributed by atoms with Crippen molar-refractivity contribution in [3.8, 4) is 0 Å². The van der Waals surface area contributed by atoms with Crippen molar-refractivity contribution >= 4 is 33.2 Å². The first-order chi connectivity index (χ1) is 13.8. The molecule has 0 saturated heterocycles. The summed E-state index contributed by atoms with van der Waals surface area (Å²) in [6, 6.07) is 14.9. The quantitative estimate of drug-likeness (QED) is 0.433. The summed E-state index contributed by atoms with van der Waals surface area (Å²) in [7, 11) is 0. The van der Waals surface area contributed by atoms with E-state index in [4.69, 9.17) is 4.98 Å². The van der Waals surface area contributed by atoms with Crippen molar-refractivity contribution in [3.05, 3.63) is 76.1 Å². The van der Waals surface area contributed by atoms with E-state index < -0.39 is 0 Å². The lowest BCUT2D eigenvalue weighted by molar-refractivity contribution is 0.590. The zero-order valence-electron chi connectivity index (χ0n) is 17.6. The van der Waals surface area contributed by atoms with Gasteiger partial charge in [0.05, 0.1) is 0 Å². The zero-order chi connectivity index (χ0) is 20.6. The van der Waals surface area contributed by atoms with Gasteiger partial charge in [-0.2, -0.15) is 0 Å². The minimum Gasteiger partial charge on any atom is -0.338 e. The number of hydrogen-bond acceptors (Lipinski definition) is 5. The summed E-state index contributed by atoms with van der Waals surface area (Å²) < 4.78 is 0. The van der Waals surface area contributed by atoms with Crippen LogP contribution in [0, 0.1) is 13.8 Å². The van der Waals surface area contributed by atoms with Crippen LogP contribution in [-0.4, -0.2) is 15.0 Å². The fraction of sp³-hybridized carbons (Fsp3) is 0.292. The van der Waals surface area contributed by atoms with Crippen molar-refractivity contribution in [1.82, 2.24) is 15.0 Å². The summed E-state index contributed by atoms with van der Waals surface area (Å²) in [5, 5.41) is 4.48. The summed E-state index contributed by atoms with van der Waals surface area (Å²) in [6.07, 6.45) is 2.43. The molecule has 0 unspecified atom stereocenters. The van der Waals surface area contributed by atoms with Gasteiger partial charge in [0.15, 0.2) is 5.82 Å². The van der Waals surface area contributed by atoms with Gasteiger partial charge in [-0.3, -0.25) is 0 Å². The number of anilines is 2. The molecule has 0 aliphatic heterocycles. The fourth-order valence-corrected chi connectivity index (χ4v) is 4.35. The minimum atomic E-state index is 0.137. The normalized spacial score (nSPS) is 11.8. The number of hydrogen-bond donors (Lipinski definition) is 1. The van der Waals surface area contributed by atoms with Crippen molar-refractivity contribution in [2.45, 2.75) is 46.5 Å². The molecule has 0 spiro atoms. The lowest BCUT2D eigenvalue weighted by Gasteiger charge is -2.19. The first-order valence-corrected chi connectivity index (χ1v) is 10.7.